The van der Waals surface area contributed by atoms with Crippen molar-refractivity contribution >= 4 is 17.5 Å². The molecule has 0 saturated carbocycles. The first-order valence-corrected chi connectivity index (χ1v) is 10.7. The van der Waals surface area contributed by atoms with Crippen LogP contribution in [0, 0.1) is 0 Å². The van der Waals surface area contributed by atoms with Crippen LogP contribution < -0.4 is 15.0 Å². The number of nitrogens with zero attached hydrogens (tertiary/aromatic N) is 1. The fourth-order valence-electron chi connectivity index (χ4n) is 3.63. The van der Waals surface area contributed by atoms with Gasteiger partial charge in [-0.05, 0) is 62.4 Å². The molecule has 0 aromatic heterocycles. The topological polar surface area (TPSA) is 50.8 Å². The average Bonchev–Trinajstić information content (AvgIpc) is 2.70. The Labute approximate surface area is 180 Å². The van der Waals surface area contributed by atoms with Crippen molar-refractivity contribution in [1.29, 1.82) is 0 Å². The van der Waals surface area contributed by atoms with Crippen molar-refractivity contribution < 1.29 is 14.3 Å². The van der Waals surface area contributed by atoms with E-state index in [9.17, 15) is 4.79 Å². The van der Waals surface area contributed by atoms with E-state index >= 15 is 0 Å². The van der Waals surface area contributed by atoms with E-state index in [0.717, 1.165) is 29.1 Å². The van der Waals surface area contributed by atoms with Gasteiger partial charge in [-0.25, -0.2) is 4.79 Å². The Morgan fingerprint density at radius 1 is 1.17 bits per heavy atom. The number of ether oxygens (including phenoxy) is 2. The molecule has 1 amide bonds. The van der Waals surface area contributed by atoms with Crippen LogP contribution in [-0.2, 0) is 4.74 Å². The number of fused-ring (bicyclic) bond motifs is 1. The van der Waals surface area contributed by atoms with Gasteiger partial charge < -0.3 is 19.7 Å². The summed E-state index contributed by atoms with van der Waals surface area (Å²) in [5.74, 6) is 1.62. The summed E-state index contributed by atoms with van der Waals surface area (Å²) in [6.07, 6.45) is 0.492. The minimum Gasteiger partial charge on any atom is -0.493 e. The Morgan fingerprint density at radius 2 is 1.83 bits per heavy atom. The van der Waals surface area contributed by atoms with Crippen molar-refractivity contribution in [2.24, 2.45) is 0 Å². The van der Waals surface area contributed by atoms with Gasteiger partial charge in [-0.2, -0.15) is 0 Å². The van der Waals surface area contributed by atoms with E-state index < -0.39 is 5.60 Å². The summed E-state index contributed by atoms with van der Waals surface area (Å²) in [5, 5.41) is 2.90. The van der Waals surface area contributed by atoms with Crippen molar-refractivity contribution in [2.75, 3.05) is 25.1 Å². The zero-order valence-electron chi connectivity index (χ0n) is 19.0. The van der Waals surface area contributed by atoms with Crippen LogP contribution in [0.4, 0.5) is 16.2 Å². The molecule has 1 aliphatic heterocycles. The molecule has 1 aliphatic rings. The normalized spacial score (nSPS) is 15.9. The van der Waals surface area contributed by atoms with Crippen molar-refractivity contribution in [3.8, 4) is 5.75 Å². The zero-order valence-corrected chi connectivity index (χ0v) is 19.0. The van der Waals surface area contributed by atoms with Crippen LogP contribution in [0.1, 0.15) is 64.0 Å². The standard InChI is InChI=1S/C25H34N2O3/c1-17(2)18-7-9-20(10-8-18)27(6)21-11-12-22-19(13-14-29-23(22)15-21)16-26-24(28)30-25(3,4)5/h7-12,15,17,19H,13-14,16H2,1-6H3,(H,26,28)/t19-/m0/s1. The molecule has 1 N–H and O–H groups in total. The first kappa shape index (κ1) is 22.0. The van der Waals surface area contributed by atoms with Crippen LogP contribution in [0.15, 0.2) is 42.5 Å². The van der Waals surface area contributed by atoms with Gasteiger partial charge in [0.05, 0.1) is 6.61 Å². The summed E-state index contributed by atoms with van der Waals surface area (Å²) in [6, 6.07) is 15.0. The Kier molecular flexibility index (Phi) is 6.59. The second-order valence-electron chi connectivity index (χ2n) is 9.24. The lowest BCUT2D eigenvalue weighted by Gasteiger charge is -2.29. The molecule has 0 bridgehead atoms. The number of benzene rings is 2. The summed E-state index contributed by atoms with van der Waals surface area (Å²) in [5.41, 5.74) is 4.18. The van der Waals surface area contributed by atoms with E-state index in [1.165, 1.54) is 5.56 Å². The molecule has 2 aromatic carbocycles. The molecular formula is C25H34N2O3. The van der Waals surface area contributed by atoms with E-state index in [0.29, 0.717) is 19.1 Å². The minimum absolute atomic E-state index is 0.214. The Balaban J connectivity index is 1.70. The van der Waals surface area contributed by atoms with Gasteiger partial charge in [-0.3, -0.25) is 0 Å². The number of carbonyl (C=O) groups is 1. The van der Waals surface area contributed by atoms with Gasteiger partial charge in [0.25, 0.3) is 0 Å². The SMILES string of the molecule is CC(C)c1ccc(N(C)c2ccc3c(c2)OCC[C@H]3CNC(=O)OC(C)(C)C)cc1. The van der Waals surface area contributed by atoms with E-state index in [1.54, 1.807) is 0 Å². The monoisotopic (exact) mass is 410 g/mol. The van der Waals surface area contributed by atoms with E-state index in [1.807, 2.05) is 20.8 Å². The number of amides is 1. The highest BCUT2D eigenvalue weighted by Crippen LogP contribution is 2.37. The highest BCUT2D eigenvalue weighted by molar-refractivity contribution is 5.68. The van der Waals surface area contributed by atoms with E-state index in [4.69, 9.17) is 9.47 Å². The Morgan fingerprint density at radius 3 is 2.47 bits per heavy atom. The Hall–Kier alpha value is -2.69. The largest absolute Gasteiger partial charge is 0.493 e. The fourth-order valence-corrected chi connectivity index (χ4v) is 3.63. The van der Waals surface area contributed by atoms with Crippen LogP contribution in [0.2, 0.25) is 0 Å². The molecule has 162 valence electrons. The molecule has 5 nitrogen and oxygen atoms in total. The smallest absolute Gasteiger partial charge is 0.407 e. The maximum Gasteiger partial charge on any atom is 0.407 e. The third-order valence-electron chi connectivity index (χ3n) is 5.39. The van der Waals surface area contributed by atoms with E-state index in [2.05, 4.69) is 73.6 Å². The van der Waals surface area contributed by atoms with Crippen molar-refractivity contribution in [3.05, 3.63) is 53.6 Å². The molecular weight excluding hydrogens is 376 g/mol. The van der Waals surface area contributed by atoms with Crippen LogP contribution >= 0.6 is 0 Å². The third-order valence-corrected chi connectivity index (χ3v) is 5.39. The average molecular weight is 411 g/mol. The second-order valence-corrected chi connectivity index (χ2v) is 9.24. The fraction of sp³-hybridized carbons (Fsp3) is 0.480. The predicted molar refractivity (Wildman–Crippen MR) is 122 cm³/mol. The lowest BCUT2D eigenvalue weighted by molar-refractivity contribution is 0.0521. The molecule has 30 heavy (non-hydrogen) atoms. The third kappa shape index (κ3) is 5.47. The second kappa shape index (κ2) is 8.99. The summed E-state index contributed by atoms with van der Waals surface area (Å²) < 4.78 is 11.3. The van der Waals surface area contributed by atoms with Crippen molar-refractivity contribution in [2.45, 2.75) is 58.5 Å². The quantitative estimate of drug-likeness (QED) is 0.660. The van der Waals surface area contributed by atoms with Crippen LogP contribution in [0.3, 0.4) is 0 Å². The highest BCUT2D eigenvalue weighted by Gasteiger charge is 2.24. The van der Waals surface area contributed by atoms with Crippen molar-refractivity contribution in [3.63, 3.8) is 0 Å². The molecule has 0 fully saturated rings. The molecule has 3 rings (SSSR count). The summed E-state index contributed by atoms with van der Waals surface area (Å²) >= 11 is 0. The van der Waals surface area contributed by atoms with Crippen LogP contribution in [0.5, 0.6) is 5.75 Å². The zero-order chi connectivity index (χ0) is 21.9. The lowest BCUT2D eigenvalue weighted by atomic mass is 9.92. The van der Waals surface area contributed by atoms with Gasteiger partial charge in [-0.15, -0.1) is 0 Å². The molecule has 0 radical (unpaired) electrons. The summed E-state index contributed by atoms with van der Waals surface area (Å²) in [4.78, 5) is 14.2. The van der Waals surface area contributed by atoms with Gasteiger partial charge in [0.2, 0.25) is 0 Å². The van der Waals surface area contributed by atoms with Gasteiger partial charge in [0.15, 0.2) is 0 Å². The number of carbonyl (C=O) groups excluding carboxylic acids is 1. The molecule has 0 aliphatic carbocycles. The molecule has 0 unspecified atom stereocenters. The van der Waals surface area contributed by atoms with Gasteiger partial charge in [0, 0.05) is 37.0 Å². The molecule has 2 aromatic rings. The maximum absolute atomic E-state index is 12.0. The van der Waals surface area contributed by atoms with E-state index in [-0.39, 0.29) is 12.0 Å². The lowest BCUT2D eigenvalue weighted by Crippen LogP contribution is -2.35. The maximum atomic E-state index is 12.0. The van der Waals surface area contributed by atoms with Crippen LogP contribution in [0.25, 0.3) is 0 Å². The summed E-state index contributed by atoms with van der Waals surface area (Å²) in [6.45, 7) is 11.2. The van der Waals surface area contributed by atoms with Gasteiger partial charge >= 0.3 is 6.09 Å². The number of hydrogen-bond donors (Lipinski definition) is 1. The van der Waals surface area contributed by atoms with Crippen LogP contribution in [-0.4, -0.2) is 31.9 Å². The molecule has 0 spiro atoms. The molecule has 1 atom stereocenters. The highest BCUT2D eigenvalue weighted by atomic mass is 16.6. The van der Waals surface area contributed by atoms with Gasteiger partial charge in [0.1, 0.15) is 11.4 Å². The number of anilines is 2. The predicted octanol–water partition coefficient (Wildman–Crippen LogP) is 5.97. The Bertz CT molecular complexity index is 869. The summed E-state index contributed by atoms with van der Waals surface area (Å²) in [7, 11) is 2.07. The molecule has 5 heteroatoms. The van der Waals surface area contributed by atoms with Crippen molar-refractivity contribution in [1.82, 2.24) is 5.32 Å². The number of nitrogens with one attached hydrogen (secondary N) is 1. The number of rotatable bonds is 5. The number of alkyl carbamates (subject to hydrolysis) is 1. The first-order chi connectivity index (χ1) is 14.1. The van der Waals surface area contributed by atoms with Gasteiger partial charge in [-0.1, -0.05) is 32.0 Å². The molecule has 1 heterocycles. The number of hydrogen-bond acceptors (Lipinski definition) is 4. The minimum atomic E-state index is -0.496. The molecule has 0 saturated heterocycles. The first-order valence-electron chi connectivity index (χ1n) is 10.7.